The fraction of sp³-hybridized carbons (Fsp3) is 0.450. The molecule has 0 aliphatic carbocycles. The number of anilines is 1. The smallest absolute Gasteiger partial charge is 0.323 e. The zero-order chi connectivity index (χ0) is 18.4. The second-order valence-electron chi connectivity index (χ2n) is 6.96. The van der Waals surface area contributed by atoms with Gasteiger partial charge in [-0.3, -0.25) is 15.2 Å². The van der Waals surface area contributed by atoms with E-state index < -0.39 is 0 Å². The fourth-order valence-corrected chi connectivity index (χ4v) is 3.33. The molecule has 1 atom stereocenters. The van der Waals surface area contributed by atoms with Crippen LogP contribution in [0.15, 0.2) is 42.7 Å². The molecule has 0 spiro atoms. The summed E-state index contributed by atoms with van der Waals surface area (Å²) in [6, 6.07) is 10.2. The highest BCUT2D eigenvalue weighted by molar-refractivity contribution is 5.88. The van der Waals surface area contributed by atoms with Crippen molar-refractivity contribution in [3.05, 3.63) is 54.0 Å². The Balaban J connectivity index is 1.52. The number of hydrogen-bond acceptors (Lipinski definition) is 4. The molecule has 0 radical (unpaired) electrons. The predicted octanol–water partition coefficient (Wildman–Crippen LogP) is 3.30. The standard InChI is InChI=1S/C20H27N5O/c1-16-8-9-19(22-14-16)23-20(26)25-12-5-7-18(10-13-25)24(2)15-17-6-3-4-11-21-17/h3-4,6,8-9,11,14,18H,5,7,10,12-13,15H2,1-2H3,(H,22,23,26)/t18-/m1/s1. The van der Waals surface area contributed by atoms with E-state index in [1.54, 1.807) is 6.20 Å². The Morgan fingerprint density at radius 3 is 2.85 bits per heavy atom. The number of amides is 2. The van der Waals surface area contributed by atoms with E-state index >= 15 is 0 Å². The molecule has 26 heavy (non-hydrogen) atoms. The monoisotopic (exact) mass is 353 g/mol. The minimum atomic E-state index is -0.0608. The lowest BCUT2D eigenvalue weighted by molar-refractivity contribution is 0.200. The van der Waals surface area contributed by atoms with Gasteiger partial charge >= 0.3 is 6.03 Å². The number of nitrogens with zero attached hydrogens (tertiary/aromatic N) is 4. The van der Waals surface area contributed by atoms with Crippen LogP contribution in [0.1, 0.15) is 30.5 Å². The number of pyridine rings is 2. The van der Waals surface area contributed by atoms with Gasteiger partial charge in [-0.25, -0.2) is 9.78 Å². The maximum Gasteiger partial charge on any atom is 0.323 e. The van der Waals surface area contributed by atoms with Gasteiger partial charge in [0, 0.05) is 38.1 Å². The maximum absolute atomic E-state index is 12.5. The molecular formula is C20H27N5O. The van der Waals surface area contributed by atoms with E-state index in [9.17, 15) is 4.79 Å². The van der Waals surface area contributed by atoms with E-state index in [-0.39, 0.29) is 6.03 Å². The maximum atomic E-state index is 12.5. The molecule has 1 aliphatic heterocycles. The normalized spacial score (nSPS) is 17.8. The minimum Gasteiger partial charge on any atom is -0.324 e. The summed E-state index contributed by atoms with van der Waals surface area (Å²) in [5, 5.41) is 2.90. The van der Waals surface area contributed by atoms with Crippen molar-refractivity contribution in [1.29, 1.82) is 0 Å². The highest BCUT2D eigenvalue weighted by Gasteiger charge is 2.23. The molecule has 0 unspecified atom stereocenters. The molecule has 3 heterocycles. The first-order valence-electron chi connectivity index (χ1n) is 9.20. The number of rotatable bonds is 4. The first-order valence-corrected chi connectivity index (χ1v) is 9.20. The molecule has 2 aromatic heterocycles. The van der Waals surface area contributed by atoms with Gasteiger partial charge in [-0.15, -0.1) is 0 Å². The van der Waals surface area contributed by atoms with Crippen molar-refractivity contribution in [3.8, 4) is 0 Å². The molecule has 1 saturated heterocycles. The Bertz CT molecular complexity index is 704. The number of hydrogen-bond donors (Lipinski definition) is 1. The van der Waals surface area contributed by atoms with Crippen molar-refractivity contribution in [1.82, 2.24) is 19.8 Å². The van der Waals surface area contributed by atoms with Crippen LogP contribution in [-0.2, 0) is 6.54 Å². The van der Waals surface area contributed by atoms with Gasteiger partial charge in [0.2, 0.25) is 0 Å². The molecule has 0 bridgehead atoms. The number of aromatic nitrogens is 2. The molecule has 138 valence electrons. The SMILES string of the molecule is Cc1ccc(NC(=O)N2CCC[C@@H](N(C)Cc3ccccn3)CC2)nc1. The van der Waals surface area contributed by atoms with Crippen molar-refractivity contribution >= 4 is 11.8 Å². The van der Waals surface area contributed by atoms with Crippen LogP contribution >= 0.6 is 0 Å². The molecule has 2 aromatic rings. The summed E-state index contributed by atoms with van der Waals surface area (Å²) < 4.78 is 0. The van der Waals surface area contributed by atoms with Gasteiger partial charge in [0.15, 0.2) is 0 Å². The Kier molecular flexibility index (Phi) is 6.17. The van der Waals surface area contributed by atoms with Crippen molar-refractivity contribution in [2.24, 2.45) is 0 Å². The quantitative estimate of drug-likeness (QED) is 0.916. The Morgan fingerprint density at radius 2 is 2.12 bits per heavy atom. The first-order chi connectivity index (χ1) is 12.6. The van der Waals surface area contributed by atoms with E-state index in [4.69, 9.17) is 0 Å². The highest BCUT2D eigenvalue weighted by Crippen LogP contribution is 2.18. The van der Waals surface area contributed by atoms with E-state index in [0.717, 1.165) is 50.2 Å². The van der Waals surface area contributed by atoms with Gasteiger partial charge in [0.25, 0.3) is 0 Å². The molecule has 2 amide bonds. The lowest BCUT2D eigenvalue weighted by Gasteiger charge is -2.27. The van der Waals surface area contributed by atoms with Crippen LogP contribution in [0.25, 0.3) is 0 Å². The number of carbonyl (C=O) groups is 1. The number of likely N-dealkylation sites (tertiary alicyclic amines) is 1. The Morgan fingerprint density at radius 1 is 1.23 bits per heavy atom. The molecule has 6 nitrogen and oxygen atoms in total. The van der Waals surface area contributed by atoms with Crippen LogP contribution in [0, 0.1) is 6.92 Å². The number of carbonyl (C=O) groups excluding carboxylic acids is 1. The van der Waals surface area contributed by atoms with Crippen molar-refractivity contribution in [3.63, 3.8) is 0 Å². The first kappa shape index (κ1) is 18.3. The zero-order valence-electron chi connectivity index (χ0n) is 15.6. The largest absolute Gasteiger partial charge is 0.324 e. The lowest BCUT2D eigenvalue weighted by Crippen LogP contribution is -2.37. The third kappa shape index (κ3) is 5.02. The third-order valence-electron chi connectivity index (χ3n) is 4.89. The van der Waals surface area contributed by atoms with Crippen LogP contribution in [0.4, 0.5) is 10.6 Å². The lowest BCUT2D eigenvalue weighted by atomic mass is 10.1. The summed E-state index contributed by atoms with van der Waals surface area (Å²) >= 11 is 0. The molecule has 0 saturated carbocycles. The number of urea groups is 1. The molecule has 6 heteroatoms. The summed E-state index contributed by atoms with van der Waals surface area (Å²) in [5.41, 5.74) is 2.16. The van der Waals surface area contributed by atoms with Crippen LogP contribution in [-0.4, -0.2) is 52.0 Å². The van der Waals surface area contributed by atoms with Crippen LogP contribution < -0.4 is 5.32 Å². The van der Waals surface area contributed by atoms with Gasteiger partial charge in [-0.2, -0.15) is 0 Å². The second-order valence-corrected chi connectivity index (χ2v) is 6.96. The number of nitrogens with one attached hydrogen (secondary N) is 1. The molecule has 1 fully saturated rings. The summed E-state index contributed by atoms with van der Waals surface area (Å²) in [5.74, 6) is 0.605. The molecule has 3 rings (SSSR count). The highest BCUT2D eigenvalue weighted by atomic mass is 16.2. The van der Waals surface area contributed by atoms with E-state index in [1.807, 2.05) is 42.3 Å². The second kappa shape index (κ2) is 8.76. The average Bonchev–Trinajstić information content (AvgIpc) is 2.91. The van der Waals surface area contributed by atoms with Gasteiger partial charge in [-0.1, -0.05) is 12.1 Å². The molecule has 0 aromatic carbocycles. The van der Waals surface area contributed by atoms with Crippen molar-refractivity contribution < 1.29 is 4.79 Å². The fourth-order valence-electron chi connectivity index (χ4n) is 3.33. The predicted molar refractivity (Wildman–Crippen MR) is 103 cm³/mol. The molecule has 1 N–H and O–H groups in total. The summed E-state index contributed by atoms with van der Waals surface area (Å²) in [6.07, 6.45) is 6.67. The Hall–Kier alpha value is -2.47. The summed E-state index contributed by atoms with van der Waals surface area (Å²) in [4.78, 5) is 25.4. The topological polar surface area (TPSA) is 61.4 Å². The van der Waals surface area contributed by atoms with Crippen LogP contribution in [0.3, 0.4) is 0 Å². The Labute approximate surface area is 155 Å². The van der Waals surface area contributed by atoms with E-state index in [2.05, 4.69) is 33.3 Å². The minimum absolute atomic E-state index is 0.0608. The summed E-state index contributed by atoms with van der Waals surface area (Å²) in [6.45, 7) is 4.36. The average molecular weight is 353 g/mol. The third-order valence-corrected chi connectivity index (χ3v) is 4.89. The molecular weight excluding hydrogens is 326 g/mol. The van der Waals surface area contributed by atoms with Crippen molar-refractivity contribution in [2.45, 2.75) is 38.8 Å². The summed E-state index contributed by atoms with van der Waals surface area (Å²) in [7, 11) is 2.14. The van der Waals surface area contributed by atoms with Gasteiger partial charge in [0.1, 0.15) is 5.82 Å². The number of aryl methyl sites for hydroxylation is 1. The van der Waals surface area contributed by atoms with E-state index in [0.29, 0.717) is 11.9 Å². The van der Waals surface area contributed by atoms with Gasteiger partial charge in [-0.05, 0) is 57.0 Å². The van der Waals surface area contributed by atoms with E-state index in [1.165, 1.54) is 0 Å². The van der Waals surface area contributed by atoms with Gasteiger partial charge in [0.05, 0.1) is 5.69 Å². The van der Waals surface area contributed by atoms with Crippen molar-refractivity contribution in [2.75, 3.05) is 25.5 Å². The van der Waals surface area contributed by atoms with Gasteiger partial charge < -0.3 is 4.90 Å². The van der Waals surface area contributed by atoms with Crippen LogP contribution in [0.2, 0.25) is 0 Å². The zero-order valence-corrected chi connectivity index (χ0v) is 15.6. The molecule has 1 aliphatic rings. The van der Waals surface area contributed by atoms with Crippen LogP contribution in [0.5, 0.6) is 0 Å².